The first-order valence-corrected chi connectivity index (χ1v) is 6.98. The van der Waals surface area contributed by atoms with Crippen LogP contribution in [-0.2, 0) is 9.53 Å². The summed E-state index contributed by atoms with van der Waals surface area (Å²) < 4.78 is 4.30. The molecule has 4 atom stereocenters. The predicted molar refractivity (Wildman–Crippen MR) is 77.5 cm³/mol. The number of guanidine groups is 1. The van der Waals surface area contributed by atoms with E-state index in [9.17, 15) is 9.90 Å². The van der Waals surface area contributed by atoms with Gasteiger partial charge in [0, 0.05) is 6.42 Å². The second-order valence-electron chi connectivity index (χ2n) is 4.60. The summed E-state index contributed by atoms with van der Waals surface area (Å²) in [7, 11) is 0. The molecule has 4 N–H and O–H groups in total. The van der Waals surface area contributed by atoms with Crippen LogP contribution in [0.4, 0.5) is 0 Å². The highest BCUT2D eigenvalue weighted by atomic mass is 127. The van der Waals surface area contributed by atoms with Crippen LogP contribution in [0.25, 0.3) is 0 Å². The van der Waals surface area contributed by atoms with Crippen molar-refractivity contribution in [3.05, 3.63) is 0 Å². The number of carbonyl (C=O) groups excluding carboxylic acids is 1. The van der Waals surface area contributed by atoms with Gasteiger partial charge in [0.25, 0.3) is 5.91 Å². The average molecular weight is 393 g/mol. The van der Waals surface area contributed by atoms with Gasteiger partial charge < -0.3 is 20.7 Å². The van der Waals surface area contributed by atoms with E-state index in [0.29, 0.717) is 5.84 Å². The fourth-order valence-electron chi connectivity index (χ4n) is 2.28. The summed E-state index contributed by atoms with van der Waals surface area (Å²) in [6, 6.07) is 0. The SMILES string of the molecule is NC1=NC(=O)C2(I)N=CN([C@H]3C[C@H](O)[C@@H](CO)O3)C2=N1. The van der Waals surface area contributed by atoms with Gasteiger partial charge >= 0.3 is 0 Å². The van der Waals surface area contributed by atoms with Crippen molar-refractivity contribution in [1.82, 2.24) is 4.90 Å². The van der Waals surface area contributed by atoms with E-state index in [1.54, 1.807) is 4.90 Å². The van der Waals surface area contributed by atoms with Gasteiger partial charge in [-0.3, -0.25) is 9.69 Å². The number of fused-ring (bicyclic) bond motifs is 1. The Bertz CT molecular complexity index is 550. The highest BCUT2D eigenvalue weighted by Gasteiger charge is 2.52. The number of amides is 1. The topological polar surface area (TPSA) is 133 Å². The number of hydrogen-bond donors (Lipinski definition) is 3. The number of alkyl halides is 1. The Morgan fingerprint density at radius 2 is 2.35 bits per heavy atom. The second-order valence-corrected chi connectivity index (χ2v) is 6.16. The maximum atomic E-state index is 11.9. The van der Waals surface area contributed by atoms with Crippen LogP contribution < -0.4 is 5.73 Å². The van der Waals surface area contributed by atoms with Gasteiger partial charge in [0.2, 0.25) is 9.51 Å². The quantitative estimate of drug-likeness (QED) is 0.288. The smallest absolute Gasteiger partial charge is 0.294 e. The first-order chi connectivity index (χ1) is 9.45. The van der Waals surface area contributed by atoms with Gasteiger partial charge in [-0.2, -0.15) is 9.98 Å². The highest BCUT2D eigenvalue weighted by molar-refractivity contribution is 14.1. The number of carbonyl (C=O) groups is 1. The molecule has 0 bridgehead atoms. The van der Waals surface area contributed by atoms with Crippen molar-refractivity contribution in [2.45, 2.75) is 28.4 Å². The standard InChI is InChI=1S/C10H12IN5O4/c11-10-7(14-9(12)15-8(10)19)16(3-13-10)6-1-4(18)5(2-17)20-6/h3-6,17-18H,1-2H2,(H2,12,15,19)/t4-,5+,6+,10?/m0/s1. The van der Waals surface area contributed by atoms with E-state index in [-0.39, 0.29) is 19.0 Å². The van der Waals surface area contributed by atoms with Crippen molar-refractivity contribution < 1.29 is 19.7 Å². The van der Waals surface area contributed by atoms with Crippen molar-refractivity contribution in [3.8, 4) is 0 Å². The normalized spacial score (nSPS) is 39.9. The van der Waals surface area contributed by atoms with Gasteiger partial charge in [-0.05, 0) is 22.6 Å². The molecule has 0 radical (unpaired) electrons. The molecule has 0 aromatic heterocycles. The van der Waals surface area contributed by atoms with Crippen LogP contribution in [-0.4, -0.2) is 67.7 Å². The molecule has 0 aliphatic carbocycles. The molecular formula is C10H12IN5O4. The summed E-state index contributed by atoms with van der Waals surface area (Å²) in [4.78, 5) is 25.3. The molecule has 9 nitrogen and oxygen atoms in total. The first-order valence-electron chi connectivity index (χ1n) is 5.90. The van der Waals surface area contributed by atoms with Crippen molar-refractivity contribution in [2.24, 2.45) is 20.7 Å². The number of aliphatic imine (C=N–C) groups is 3. The number of halogens is 1. The third-order valence-corrected chi connectivity index (χ3v) is 4.54. The maximum absolute atomic E-state index is 11.9. The van der Waals surface area contributed by atoms with E-state index < -0.39 is 27.9 Å². The Kier molecular flexibility index (Phi) is 3.27. The number of nitrogens with two attached hydrogens (primary N) is 1. The summed E-state index contributed by atoms with van der Waals surface area (Å²) >= 11 is 1.85. The molecule has 1 amide bonds. The van der Waals surface area contributed by atoms with Crippen LogP contribution in [0.1, 0.15) is 6.42 Å². The molecule has 108 valence electrons. The van der Waals surface area contributed by atoms with Gasteiger partial charge in [0.15, 0.2) is 5.84 Å². The van der Waals surface area contributed by atoms with E-state index in [1.807, 2.05) is 22.6 Å². The zero-order valence-electron chi connectivity index (χ0n) is 10.2. The minimum absolute atomic E-state index is 0.134. The van der Waals surface area contributed by atoms with E-state index in [2.05, 4.69) is 15.0 Å². The molecule has 1 fully saturated rings. The summed E-state index contributed by atoms with van der Waals surface area (Å²) in [5.74, 6) is -0.326. The van der Waals surface area contributed by atoms with Crippen molar-refractivity contribution in [1.29, 1.82) is 0 Å². The second kappa shape index (κ2) is 4.72. The number of amidine groups is 1. The van der Waals surface area contributed by atoms with E-state index >= 15 is 0 Å². The Hall–Kier alpha value is -1.11. The van der Waals surface area contributed by atoms with E-state index in [0.717, 1.165) is 0 Å². The lowest BCUT2D eigenvalue weighted by Gasteiger charge is -2.28. The zero-order chi connectivity index (χ0) is 14.5. The molecule has 0 aromatic carbocycles. The lowest BCUT2D eigenvalue weighted by molar-refractivity contribution is -0.118. The van der Waals surface area contributed by atoms with Crippen LogP contribution >= 0.6 is 22.6 Å². The zero-order valence-corrected chi connectivity index (χ0v) is 12.3. The van der Waals surface area contributed by atoms with Crippen molar-refractivity contribution >= 4 is 46.6 Å². The molecule has 3 aliphatic heterocycles. The maximum Gasteiger partial charge on any atom is 0.294 e. The Labute approximate surface area is 127 Å². The molecule has 1 saturated heterocycles. The van der Waals surface area contributed by atoms with Crippen molar-refractivity contribution in [3.63, 3.8) is 0 Å². The lowest BCUT2D eigenvalue weighted by Crippen LogP contribution is -2.49. The number of hydrogen-bond acceptors (Lipinski definition) is 8. The van der Waals surface area contributed by atoms with Crippen LogP contribution in [0.15, 0.2) is 15.0 Å². The predicted octanol–water partition coefficient (Wildman–Crippen LogP) is -1.82. The number of aliphatic hydroxyl groups is 2. The van der Waals surface area contributed by atoms with Crippen LogP contribution in [0.2, 0.25) is 0 Å². The highest BCUT2D eigenvalue weighted by Crippen LogP contribution is 2.35. The van der Waals surface area contributed by atoms with Gasteiger partial charge in [-0.15, -0.1) is 0 Å². The summed E-state index contributed by atoms with van der Waals surface area (Å²) in [6.07, 6.45) is -0.306. The average Bonchev–Trinajstić information content (AvgIpc) is 2.91. The molecule has 1 unspecified atom stereocenters. The lowest BCUT2D eigenvalue weighted by atomic mass is 10.1. The number of rotatable bonds is 2. The molecule has 0 spiro atoms. The van der Waals surface area contributed by atoms with E-state index in [1.165, 1.54) is 6.34 Å². The number of aliphatic hydroxyl groups excluding tert-OH is 2. The van der Waals surface area contributed by atoms with Crippen LogP contribution in [0, 0.1) is 0 Å². The molecule has 3 heterocycles. The summed E-state index contributed by atoms with van der Waals surface area (Å²) in [6.45, 7) is -0.285. The minimum Gasteiger partial charge on any atom is -0.394 e. The van der Waals surface area contributed by atoms with Crippen molar-refractivity contribution in [2.75, 3.05) is 6.61 Å². The number of nitrogens with zero attached hydrogens (tertiary/aromatic N) is 4. The van der Waals surface area contributed by atoms with Gasteiger partial charge in [0.05, 0.1) is 19.0 Å². The fraction of sp³-hybridized carbons (Fsp3) is 0.600. The Morgan fingerprint density at radius 1 is 1.60 bits per heavy atom. The molecular weight excluding hydrogens is 381 g/mol. The summed E-state index contributed by atoms with van der Waals surface area (Å²) in [5, 5.41) is 18.9. The van der Waals surface area contributed by atoms with Gasteiger partial charge in [-0.25, -0.2) is 4.99 Å². The molecule has 3 rings (SSSR count). The fourth-order valence-corrected chi connectivity index (χ4v) is 2.92. The Morgan fingerprint density at radius 3 is 3.00 bits per heavy atom. The largest absolute Gasteiger partial charge is 0.394 e. The third kappa shape index (κ3) is 1.94. The summed E-state index contributed by atoms with van der Waals surface area (Å²) in [5.41, 5.74) is 5.51. The monoisotopic (exact) mass is 393 g/mol. The molecule has 10 heteroatoms. The molecule has 20 heavy (non-hydrogen) atoms. The third-order valence-electron chi connectivity index (χ3n) is 3.32. The van der Waals surface area contributed by atoms with Crippen LogP contribution in [0.5, 0.6) is 0 Å². The first kappa shape index (κ1) is 13.9. The van der Waals surface area contributed by atoms with Gasteiger partial charge in [0.1, 0.15) is 12.3 Å². The number of ether oxygens (including phenoxy) is 1. The minimum atomic E-state index is -1.23. The Balaban J connectivity index is 1.89. The molecule has 0 saturated carbocycles. The molecule has 3 aliphatic rings. The van der Waals surface area contributed by atoms with E-state index in [4.69, 9.17) is 15.6 Å². The molecule has 0 aromatic rings. The van der Waals surface area contributed by atoms with Gasteiger partial charge in [-0.1, -0.05) is 0 Å². The van der Waals surface area contributed by atoms with Crippen LogP contribution in [0.3, 0.4) is 0 Å².